The standard InChI is InChI=1S/C17H23N3O3/c21-16(12-18-11-13-5-4-10-23-13)19-14-6-1-2-7-15(14)20-9-3-8-17(20)22/h1-2,6-7,13,18H,3-5,8-12H2,(H,19,21). The highest BCUT2D eigenvalue weighted by Crippen LogP contribution is 2.29. The van der Waals surface area contributed by atoms with Gasteiger partial charge in [-0.2, -0.15) is 0 Å². The zero-order valence-electron chi connectivity index (χ0n) is 13.2. The molecule has 6 heteroatoms. The number of carbonyl (C=O) groups excluding carboxylic acids is 2. The van der Waals surface area contributed by atoms with E-state index in [1.54, 1.807) is 4.90 Å². The van der Waals surface area contributed by atoms with Gasteiger partial charge in [0.25, 0.3) is 0 Å². The molecule has 2 aliphatic rings. The van der Waals surface area contributed by atoms with Crippen LogP contribution in [0.25, 0.3) is 0 Å². The summed E-state index contributed by atoms with van der Waals surface area (Å²) in [6.07, 6.45) is 3.80. The lowest BCUT2D eigenvalue weighted by atomic mass is 10.2. The minimum atomic E-state index is -0.109. The second kappa shape index (κ2) is 7.57. The zero-order chi connectivity index (χ0) is 16.1. The molecule has 2 saturated heterocycles. The molecule has 2 amide bonds. The first-order chi connectivity index (χ1) is 11.2. The minimum absolute atomic E-state index is 0.109. The fraction of sp³-hybridized carbons (Fsp3) is 0.529. The lowest BCUT2D eigenvalue weighted by Crippen LogP contribution is -2.34. The molecule has 23 heavy (non-hydrogen) atoms. The zero-order valence-corrected chi connectivity index (χ0v) is 13.2. The summed E-state index contributed by atoms with van der Waals surface area (Å²) >= 11 is 0. The molecule has 3 rings (SSSR count). The Labute approximate surface area is 136 Å². The number of amides is 2. The summed E-state index contributed by atoms with van der Waals surface area (Å²) in [5, 5.41) is 6.02. The van der Waals surface area contributed by atoms with Gasteiger partial charge in [-0.3, -0.25) is 9.59 Å². The van der Waals surface area contributed by atoms with Crippen molar-refractivity contribution in [3.63, 3.8) is 0 Å². The van der Waals surface area contributed by atoms with E-state index < -0.39 is 0 Å². The highest BCUT2D eigenvalue weighted by molar-refractivity contribution is 6.02. The fourth-order valence-electron chi connectivity index (χ4n) is 3.06. The Kier molecular flexibility index (Phi) is 5.25. The van der Waals surface area contributed by atoms with Crippen LogP contribution in [0.4, 0.5) is 11.4 Å². The Morgan fingerprint density at radius 1 is 1.30 bits per heavy atom. The first kappa shape index (κ1) is 16.0. The van der Waals surface area contributed by atoms with Crippen molar-refractivity contribution in [3.8, 4) is 0 Å². The van der Waals surface area contributed by atoms with Crippen LogP contribution in [-0.4, -0.2) is 44.2 Å². The van der Waals surface area contributed by atoms with Crippen molar-refractivity contribution in [1.82, 2.24) is 5.32 Å². The van der Waals surface area contributed by atoms with Crippen LogP contribution in [0.5, 0.6) is 0 Å². The van der Waals surface area contributed by atoms with Crippen LogP contribution in [0.15, 0.2) is 24.3 Å². The number of nitrogens with zero attached hydrogens (tertiary/aromatic N) is 1. The molecule has 1 aromatic rings. The summed E-state index contributed by atoms with van der Waals surface area (Å²) in [5.74, 6) is 0.00491. The molecule has 2 aliphatic heterocycles. The topological polar surface area (TPSA) is 70.7 Å². The molecular weight excluding hydrogens is 294 g/mol. The summed E-state index contributed by atoms with van der Waals surface area (Å²) in [6.45, 7) is 2.46. The maximum Gasteiger partial charge on any atom is 0.238 e. The maximum atomic E-state index is 12.1. The van der Waals surface area contributed by atoms with Crippen LogP contribution >= 0.6 is 0 Å². The van der Waals surface area contributed by atoms with Gasteiger partial charge in [0.2, 0.25) is 11.8 Å². The van der Waals surface area contributed by atoms with Crippen molar-refractivity contribution in [2.45, 2.75) is 31.8 Å². The van der Waals surface area contributed by atoms with Crippen molar-refractivity contribution < 1.29 is 14.3 Å². The molecule has 6 nitrogen and oxygen atoms in total. The number of benzene rings is 1. The molecule has 1 aromatic carbocycles. The van der Waals surface area contributed by atoms with Crippen LogP contribution in [0.1, 0.15) is 25.7 Å². The number of carbonyl (C=O) groups is 2. The number of hydrogen-bond acceptors (Lipinski definition) is 4. The number of nitrogens with one attached hydrogen (secondary N) is 2. The normalized spacial score (nSPS) is 21.0. The Balaban J connectivity index is 1.54. The van der Waals surface area contributed by atoms with E-state index in [1.807, 2.05) is 24.3 Å². The maximum absolute atomic E-state index is 12.1. The van der Waals surface area contributed by atoms with Gasteiger partial charge in [-0.1, -0.05) is 12.1 Å². The summed E-state index contributed by atoms with van der Waals surface area (Å²) in [4.78, 5) is 25.8. The lowest BCUT2D eigenvalue weighted by Gasteiger charge is -2.20. The van der Waals surface area contributed by atoms with Crippen LogP contribution in [0.3, 0.4) is 0 Å². The van der Waals surface area contributed by atoms with E-state index in [1.165, 1.54) is 0 Å². The number of hydrogen-bond donors (Lipinski definition) is 2. The third-order valence-electron chi connectivity index (χ3n) is 4.22. The molecule has 1 unspecified atom stereocenters. The predicted molar refractivity (Wildman–Crippen MR) is 88.5 cm³/mol. The minimum Gasteiger partial charge on any atom is -0.377 e. The molecule has 1 atom stereocenters. The van der Waals surface area contributed by atoms with Crippen LogP contribution < -0.4 is 15.5 Å². The molecule has 2 heterocycles. The molecule has 0 radical (unpaired) electrons. The van der Waals surface area contributed by atoms with Gasteiger partial charge in [0.1, 0.15) is 0 Å². The van der Waals surface area contributed by atoms with E-state index in [9.17, 15) is 9.59 Å². The SMILES string of the molecule is O=C(CNCC1CCCO1)Nc1ccccc1N1CCCC1=O. The van der Waals surface area contributed by atoms with E-state index in [2.05, 4.69) is 10.6 Å². The molecule has 0 bridgehead atoms. The van der Waals surface area contributed by atoms with Gasteiger partial charge in [-0.25, -0.2) is 0 Å². The lowest BCUT2D eigenvalue weighted by molar-refractivity contribution is -0.117. The largest absolute Gasteiger partial charge is 0.377 e. The predicted octanol–water partition coefficient (Wildman–Crippen LogP) is 1.52. The Hall–Kier alpha value is -1.92. The third-order valence-corrected chi connectivity index (χ3v) is 4.22. The summed E-state index contributed by atoms with van der Waals surface area (Å²) in [5.41, 5.74) is 1.47. The van der Waals surface area contributed by atoms with Gasteiger partial charge in [-0.05, 0) is 31.4 Å². The number of para-hydroxylation sites is 2. The highest BCUT2D eigenvalue weighted by atomic mass is 16.5. The van der Waals surface area contributed by atoms with Crippen molar-refractivity contribution in [2.24, 2.45) is 0 Å². The molecule has 0 saturated carbocycles. The quantitative estimate of drug-likeness (QED) is 0.834. The van der Waals surface area contributed by atoms with E-state index in [-0.39, 0.29) is 24.5 Å². The third kappa shape index (κ3) is 4.09. The Morgan fingerprint density at radius 3 is 2.91 bits per heavy atom. The monoisotopic (exact) mass is 317 g/mol. The van der Waals surface area contributed by atoms with Gasteiger partial charge in [-0.15, -0.1) is 0 Å². The average molecular weight is 317 g/mol. The first-order valence-electron chi connectivity index (χ1n) is 8.25. The first-order valence-corrected chi connectivity index (χ1v) is 8.25. The summed E-state index contributed by atoms with van der Waals surface area (Å²) in [6, 6.07) is 7.45. The van der Waals surface area contributed by atoms with Gasteiger partial charge < -0.3 is 20.3 Å². The number of rotatable bonds is 6. The molecule has 124 valence electrons. The average Bonchev–Trinajstić information content (AvgIpc) is 3.20. The van der Waals surface area contributed by atoms with E-state index in [0.717, 1.165) is 31.6 Å². The van der Waals surface area contributed by atoms with Gasteiger partial charge in [0, 0.05) is 26.1 Å². The van der Waals surface area contributed by atoms with E-state index >= 15 is 0 Å². The second-order valence-corrected chi connectivity index (χ2v) is 5.98. The van der Waals surface area contributed by atoms with Crippen LogP contribution in [-0.2, 0) is 14.3 Å². The fourth-order valence-corrected chi connectivity index (χ4v) is 3.06. The molecule has 0 aromatic heterocycles. The number of ether oxygens (including phenoxy) is 1. The van der Waals surface area contributed by atoms with Crippen molar-refractivity contribution in [2.75, 3.05) is 36.5 Å². The van der Waals surface area contributed by atoms with Crippen molar-refractivity contribution in [1.29, 1.82) is 0 Å². The summed E-state index contributed by atoms with van der Waals surface area (Å²) in [7, 11) is 0. The molecule has 0 aliphatic carbocycles. The van der Waals surface area contributed by atoms with E-state index in [4.69, 9.17) is 4.74 Å². The highest BCUT2D eigenvalue weighted by Gasteiger charge is 2.24. The smallest absolute Gasteiger partial charge is 0.238 e. The van der Waals surface area contributed by atoms with Crippen molar-refractivity contribution in [3.05, 3.63) is 24.3 Å². The van der Waals surface area contributed by atoms with Crippen LogP contribution in [0.2, 0.25) is 0 Å². The van der Waals surface area contributed by atoms with Gasteiger partial charge >= 0.3 is 0 Å². The van der Waals surface area contributed by atoms with Gasteiger partial charge in [0.15, 0.2) is 0 Å². The van der Waals surface area contributed by atoms with Gasteiger partial charge in [0.05, 0.1) is 24.0 Å². The molecular formula is C17H23N3O3. The Bertz CT molecular complexity index is 570. The molecule has 2 fully saturated rings. The van der Waals surface area contributed by atoms with Crippen molar-refractivity contribution >= 4 is 23.2 Å². The molecule has 0 spiro atoms. The van der Waals surface area contributed by atoms with Crippen LogP contribution in [0, 0.1) is 0 Å². The summed E-state index contributed by atoms with van der Waals surface area (Å²) < 4.78 is 5.51. The second-order valence-electron chi connectivity index (χ2n) is 5.98. The molecule has 2 N–H and O–H groups in total. The Morgan fingerprint density at radius 2 is 2.17 bits per heavy atom. The number of anilines is 2. The van der Waals surface area contributed by atoms with E-state index in [0.29, 0.717) is 25.2 Å².